The van der Waals surface area contributed by atoms with Gasteiger partial charge in [0.15, 0.2) is 0 Å². The maximum absolute atomic E-state index is 11.8. The summed E-state index contributed by atoms with van der Waals surface area (Å²) in [5.74, 6) is -1.08. The van der Waals surface area contributed by atoms with Crippen LogP contribution in [0.5, 0.6) is 0 Å². The van der Waals surface area contributed by atoms with E-state index in [4.69, 9.17) is 10.2 Å². The van der Waals surface area contributed by atoms with Crippen LogP contribution < -0.4 is 4.72 Å². The Bertz CT molecular complexity index is 523. The summed E-state index contributed by atoms with van der Waals surface area (Å²) in [5, 5.41) is 17.5. The number of hydrogen-bond donors (Lipinski definition) is 4. The predicted molar refractivity (Wildman–Crippen MR) is 68.4 cm³/mol. The summed E-state index contributed by atoms with van der Waals surface area (Å²) in [4.78, 5) is 12.9. The van der Waals surface area contributed by atoms with Gasteiger partial charge < -0.3 is 15.2 Å². The third-order valence-electron chi connectivity index (χ3n) is 2.67. The summed E-state index contributed by atoms with van der Waals surface area (Å²) in [5.41, 5.74) is -0.172. The first-order chi connectivity index (χ1) is 8.86. The molecule has 0 radical (unpaired) electrons. The standard InChI is InChI=1S/C11H18N2O5S/c1-8(7-14)3-2-4-13-19(17,18)9-5-10(11(15)16)12-6-9/h5-6,8,12-14H,2-4,7H2,1H3,(H,15,16). The molecule has 0 fully saturated rings. The zero-order valence-electron chi connectivity index (χ0n) is 10.6. The van der Waals surface area contributed by atoms with Crippen molar-refractivity contribution in [2.45, 2.75) is 24.7 Å². The quantitative estimate of drug-likeness (QED) is 0.517. The van der Waals surface area contributed by atoms with Gasteiger partial charge in [0.25, 0.3) is 0 Å². The Morgan fingerprint density at radius 1 is 1.53 bits per heavy atom. The molecule has 0 aliphatic carbocycles. The van der Waals surface area contributed by atoms with Gasteiger partial charge >= 0.3 is 5.97 Å². The maximum atomic E-state index is 11.8. The molecule has 108 valence electrons. The predicted octanol–water partition coefficient (Wildman–Crippen LogP) is 0.400. The number of aromatic amines is 1. The number of hydrogen-bond acceptors (Lipinski definition) is 4. The molecule has 1 unspecified atom stereocenters. The molecular formula is C11H18N2O5S. The summed E-state index contributed by atoms with van der Waals surface area (Å²) in [6.45, 7) is 2.20. The first-order valence-electron chi connectivity index (χ1n) is 5.89. The first-order valence-corrected chi connectivity index (χ1v) is 7.37. The molecule has 0 aliphatic rings. The second kappa shape index (κ2) is 6.69. The van der Waals surface area contributed by atoms with Crippen LogP contribution in [0.2, 0.25) is 0 Å². The average molecular weight is 290 g/mol. The number of aromatic nitrogens is 1. The molecule has 19 heavy (non-hydrogen) atoms. The second-order valence-corrected chi connectivity index (χ2v) is 6.15. The minimum Gasteiger partial charge on any atom is -0.477 e. The van der Waals surface area contributed by atoms with Crippen LogP contribution in [0.1, 0.15) is 30.3 Å². The van der Waals surface area contributed by atoms with Gasteiger partial charge in [-0.25, -0.2) is 17.9 Å². The van der Waals surface area contributed by atoms with E-state index < -0.39 is 16.0 Å². The molecule has 0 aliphatic heterocycles. The molecular weight excluding hydrogens is 272 g/mol. The maximum Gasteiger partial charge on any atom is 0.352 e. The SMILES string of the molecule is CC(CO)CCCNS(=O)(=O)c1c[nH]c(C(=O)O)c1. The minimum absolute atomic E-state index is 0.0759. The van der Waals surface area contributed by atoms with Gasteiger partial charge in [0.2, 0.25) is 10.0 Å². The van der Waals surface area contributed by atoms with E-state index in [9.17, 15) is 13.2 Å². The van der Waals surface area contributed by atoms with E-state index >= 15 is 0 Å². The largest absolute Gasteiger partial charge is 0.477 e. The third-order valence-corrected chi connectivity index (χ3v) is 4.12. The fraction of sp³-hybridized carbons (Fsp3) is 0.545. The van der Waals surface area contributed by atoms with Crippen molar-refractivity contribution in [1.82, 2.24) is 9.71 Å². The highest BCUT2D eigenvalue weighted by Crippen LogP contribution is 2.11. The van der Waals surface area contributed by atoms with Crippen molar-refractivity contribution < 1.29 is 23.4 Å². The number of carboxylic acid groups (broad SMARTS) is 1. The van der Waals surface area contributed by atoms with Gasteiger partial charge in [-0.1, -0.05) is 6.92 Å². The number of carboxylic acids is 1. The van der Waals surface area contributed by atoms with Crippen molar-refractivity contribution in [2.75, 3.05) is 13.2 Å². The van der Waals surface area contributed by atoms with Crippen molar-refractivity contribution in [3.05, 3.63) is 18.0 Å². The van der Waals surface area contributed by atoms with Crippen molar-refractivity contribution in [3.63, 3.8) is 0 Å². The number of aromatic carboxylic acids is 1. The van der Waals surface area contributed by atoms with Gasteiger partial charge in [0.1, 0.15) is 10.6 Å². The molecule has 4 N–H and O–H groups in total. The van der Waals surface area contributed by atoms with Crippen molar-refractivity contribution in [1.29, 1.82) is 0 Å². The molecule has 0 spiro atoms. The number of H-pyrrole nitrogens is 1. The van der Waals surface area contributed by atoms with E-state index in [0.29, 0.717) is 12.8 Å². The average Bonchev–Trinajstić information content (AvgIpc) is 2.84. The highest BCUT2D eigenvalue weighted by molar-refractivity contribution is 7.89. The number of rotatable bonds is 8. The summed E-state index contributed by atoms with van der Waals surface area (Å²) in [6, 6.07) is 1.07. The van der Waals surface area contributed by atoms with Gasteiger partial charge in [-0.05, 0) is 24.8 Å². The van der Waals surface area contributed by atoms with Crippen LogP contribution in [0, 0.1) is 5.92 Å². The van der Waals surface area contributed by atoms with Crippen molar-refractivity contribution in [3.8, 4) is 0 Å². The molecule has 0 amide bonds. The molecule has 1 atom stereocenters. The van der Waals surface area contributed by atoms with Gasteiger partial charge in [0.05, 0.1) is 0 Å². The highest BCUT2D eigenvalue weighted by atomic mass is 32.2. The smallest absolute Gasteiger partial charge is 0.352 e. The molecule has 0 bridgehead atoms. The Hall–Kier alpha value is -1.38. The Labute approximate surface area is 111 Å². The summed E-state index contributed by atoms with van der Waals surface area (Å²) in [7, 11) is -3.68. The number of aliphatic hydroxyl groups excluding tert-OH is 1. The molecule has 0 saturated carbocycles. The summed E-state index contributed by atoms with van der Waals surface area (Å²) in [6.07, 6.45) is 2.46. The van der Waals surface area contributed by atoms with Gasteiger partial charge in [-0.3, -0.25) is 0 Å². The van der Waals surface area contributed by atoms with Gasteiger partial charge in [-0.2, -0.15) is 0 Å². The number of aliphatic hydroxyl groups is 1. The van der Waals surface area contributed by atoms with Crippen LogP contribution in [-0.4, -0.2) is 42.7 Å². The fourth-order valence-electron chi connectivity index (χ4n) is 1.48. The lowest BCUT2D eigenvalue weighted by Gasteiger charge is -2.08. The van der Waals surface area contributed by atoms with Gasteiger partial charge in [0, 0.05) is 19.3 Å². The highest BCUT2D eigenvalue weighted by Gasteiger charge is 2.17. The van der Waals surface area contributed by atoms with E-state index in [1.807, 2.05) is 6.92 Å². The van der Waals surface area contributed by atoms with Crippen LogP contribution in [0.15, 0.2) is 17.2 Å². The topological polar surface area (TPSA) is 119 Å². The van der Waals surface area contributed by atoms with E-state index in [1.165, 1.54) is 0 Å². The molecule has 7 nitrogen and oxygen atoms in total. The normalized spacial score (nSPS) is 13.4. The van der Waals surface area contributed by atoms with Gasteiger partial charge in [-0.15, -0.1) is 0 Å². The van der Waals surface area contributed by atoms with Crippen LogP contribution in [0.25, 0.3) is 0 Å². The zero-order chi connectivity index (χ0) is 14.5. The second-order valence-electron chi connectivity index (χ2n) is 4.38. The fourth-order valence-corrected chi connectivity index (χ4v) is 2.55. The van der Waals surface area contributed by atoms with E-state index in [1.54, 1.807) is 0 Å². The van der Waals surface area contributed by atoms with E-state index in [0.717, 1.165) is 12.3 Å². The molecule has 8 heteroatoms. The monoisotopic (exact) mass is 290 g/mol. The molecule has 0 aromatic carbocycles. The first kappa shape index (κ1) is 15.7. The van der Waals surface area contributed by atoms with Crippen LogP contribution >= 0.6 is 0 Å². The van der Waals surface area contributed by atoms with Crippen molar-refractivity contribution in [2.24, 2.45) is 5.92 Å². The van der Waals surface area contributed by atoms with E-state index in [-0.39, 0.29) is 29.7 Å². The summed E-state index contributed by atoms with van der Waals surface area (Å²) < 4.78 is 26.0. The lowest BCUT2D eigenvalue weighted by atomic mass is 10.1. The van der Waals surface area contributed by atoms with E-state index in [2.05, 4.69) is 9.71 Å². The molecule has 1 aromatic heterocycles. The Morgan fingerprint density at radius 2 is 2.21 bits per heavy atom. The number of carbonyl (C=O) groups is 1. The molecule has 0 saturated heterocycles. The van der Waals surface area contributed by atoms with Crippen LogP contribution in [0.3, 0.4) is 0 Å². The Balaban J connectivity index is 2.53. The van der Waals surface area contributed by atoms with Crippen molar-refractivity contribution >= 4 is 16.0 Å². The van der Waals surface area contributed by atoms with Crippen LogP contribution in [0.4, 0.5) is 0 Å². The Kier molecular flexibility index (Phi) is 5.52. The lowest BCUT2D eigenvalue weighted by molar-refractivity contribution is 0.0691. The molecule has 1 rings (SSSR count). The number of nitrogens with one attached hydrogen (secondary N) is 2. The number of sulfonamides is 1. The zero-order valence-corrected chi connectivity index (χ0v) is 11.4. The summed E-state index contributed by atoms with van der Waals surface area (Å²) >= 11 is 0. The lowest BCUT2D eigenvalue weighted by Crippen LogP contribution is -2.24. The molecule has 1 aromatic rings. The third kappa shape index (κ3) is 4.66. The minimum atomic E-state index is -3.68. The van der Waals surface area contributed by atoms with Crippen LogP contribution in [-0.2, 0) is 10.0 Å². The molecule has 1 heterocycles. The Morgan fingerprint density at radius 3 is 2.74 bits per heavy atom.